The highest BCUT2D eigenvalue weighted by Crippen LogP contribution is 2.43. The van der Waals surface area contributed by atoms with E-state index in [2.05, 4.69) is 50.0 Å². The normalized spacial score (nSPS) is 22.7. The van der Waals surface area contributed by atoms with Crippen LogP contribution < -0.4 is 0 Å². The van der Waals surface area contributed by atoms with Crippen molar-refractivity contribution in [3.05, 3.63) is 46.5 Å². The van der Waals surface area contributed by atoms with Crippen LogP contribution in [0.5, 0.6) is 0 Å². The minimum Gasteiger partial charge on any atom is -0.288 e. The van der Waals surface area contributed by atoms with E-state index in [1.807, 2.05) is 20.9 Å². The highest BCUT2D eigenvalue weighted by atomic mass is 14.7. The van der Waals surface area contributed by atoms with Crippen molar-refractivity contribution in [3.63, 3.8) is 0 Å². The molecule has 0 heterocycles. The Morgan fingerprint density at radius 3 is 2.33 bits per heavy atom. The highest BCUT2D eigenvalue weighted by Gasteiger charge is 2.29. The number of rotatable bonds is 6. The summed E-state index contributed by atoms with van der Waals surface area (Å²) in [5.41, 5.74) is 6.66. The maximum absolute atomic E-state index is 4.51. The van der Waals surface area contributed by atoms with Gasteiger partial charge in [0.1, 0.15) is 0 Å². The number of aryl methyl sites for hydroxylation is 1. The lowest BCUT2D eigenvalue weighted by Gasteiger charge is -2.32. The van der Waals surface area contributed by atoms with Gasteiger partial charge in [-0.15, -0.1) is 0 Å². The molecule has 2 fully saturated rings. The van der Waals surface area contributed by atoms with Crippen molar-refractivity contribution in [1.82, 2.24) is 0 Å². The molecule has 1 nitrogen and oxygen atoms in total. The zero-order valence-electron chi connectivity index (χ0n) is 18.6. The summed E-state index contributed by atoms with van der Waals surface area (Å²) in [6, 6.07) is 7.17. The molecule has 0 saturated heterocycles. The lowest BCUT2D eigenvalue weighted by Crippen LogP contribution is -2.18. The van der Waals surface area contributed by atoms with Crippen molar-refractivity contribution in [2.75, 3.05) is 7.05 Å². The van der Waals surface area contributed by atoms with Crippen molar-refractivity contribution in [3.8, 4) is 0 Å². The van der Waals surface area contributed by atoms with E-state index in [0.29, 0.717) is 0 Å². The lowest BCUT2D eigenvalue weighted by atomic mass is 9.73. The van der Waals surface area contributed by atoms with Gasteiger partial charge < -0.3 is 0 Å². The fourth-order valence-electron chi connectivity index (χ4n) is 4.59. The van der Waals surface area contributed by atoms with Gasteiger partial charge in [0, 0.05) is 12.6 Å². The Morgan fingerprint density at radius 2 is 1.74 bits per heavy atom. The molecular formula is C26H41N. The van der Waals surface area contributed by atoms with Crippen LogP contribution in [0.15, 0.2) is 34.8 Å². The molecule has 1 heteroatoms. The average Bonchev–Trinajstić information content (AvgIpc) is 3.51. The maximum atomic E-state index is 4.51. The molecule has 0 radical (unpaired) electrons. The summed E-state index contributed by atoms with van der Waals surface area (Å²) >= 11 is 0. The van der Waals surface area contributed by atoms with Gasteiger partial charge in [0.25, 0.3) is 0 Å². The summed E-state index contributed by atoms with van der Waals surface area (Å²) < 4.78 is 0. The standard InChI is InChI=1S/C24H35N.C2H6/c1-17(2)15-24(25-4)22-14-13-21(16-18(22)3)23-8-6-5-7-20(23)12-11-19-9-10-19;1-2/h13-16,19-20,23H,5-12H2,1-4H3;1-2H3. The Bertz CT molecular complexity index is 644. The third-order valence-electron chi connectivity index (χ3n) is 6.17. The van der Waals surface area contributed by atoms with E-state index in [9.17, 15) is 0 Å². The SMILES string of the molecule is CC.CN=C(C=C(C)C)c1ccc(C2CCCCC2CCC2CC2)cc1C. The van der Waals surface area contributed by atoms with Crippen molar-refractivity contribution < 1.29 is 0 Å². The second-order valence-electron chi connectivity index (χ2n) is 8.58. The molecular weight excluding hydrogens is 326 g/mol. The second-order valence-corrected chi connectivity index (χ2v) is 8.58. The minimum absolute atomic E-state index is 0.783. The van der Waals surface area contributed by atoms with E-state index in [1.54, 1.807) is 5.56 Å². The predicted molar refractivity (Wildman–Crippen MR) is 121 cm³/mol. The number of hydrogen-bond donors (Lipinski definition) is 0. The molecule has 0 N–H and O–H groups in total. The van der Waals surface area contributed by atoms with Crippen LogP contribution in [-0.4, -0.2) is 12.8 Å². The summed E-state index contributed by atoms with van der Waals surface area (Å²) in [4.78, 5) is 4.51. The highest BCUT2D eigenvalue weighted by molar-refractivity contribution is 6.09. The molecule has 2 saturated carbocycles. The van der Waals surface area contributed by atoms with E-state index >= 15 is 0 Å². The van der Waals surface area contributed by atoms with Gasteiger partial charge in [0.05, 0.1) is 5.71 Å². The number of nitrogens with zero attached hydrogens (tertiary/aromatic N) is 1. The van der Waals surface area contributed by atoms with E-state index in [1.165, 1.54) is 68.1 Å². The largest absolute Gasteiger partial charge is 0.288 e. The number of hydrogen-bond acceptors (Lipinski definition) is 1. The van der Waals surface area contributed by atoms with Gasteiger partial charge in [0.2, 0.25) is 0 Å². The molecule has 2 atom stereocenters. The molecule has 1 aromatic rings. The molecule has 0 spiro atoms. The number of aliphatic imine (C=N–C) groups is 1. The third-order valence-corrected chi connectivity index (χ3v) is 6.17. The van der Waals surface area contributed by atoms with Crippen LogP contribution in [0.25, 0.3) is 0 Å². The summed E-state index contributed by atoms with van der Waals surface area (Å²) in [5.74, 6) is 2.77. The topological polar surface area (TPSA) is 12.4 Å². The lowest BCUT2D eigenvalue weighted by molar-refractivity contribution is 0.281. The third kappa shape index (κ3) is 6.33. The molecule has 0 bridgehead atoms. The van der Waals surface area contributed by atoms with Crippen LogP contribution in [0.1, 0.15) is 102 Å². The number of benzene rings is 1. The van der Waals surface area contributed by atoms with E-state index in [0.717, 1.165) is 23.5 Å². The zero-order valence-corrected chi connectivity index (χ0v) is 18.6. The van der Waals surface area contributed by atoms with Gasteiger partial charge in [-0.25, -0.2) is 0 Å². The van der Waals surface area contributed by atoms with Gasteiger partial charge in [-0.2, -0.15) is 0 Å². The maximum Gasteiger partial charge on any atom is 0.0645 e. The molecule has 1 aromatic carbocycles. The van der Waals surface area contributed by atoms with Crippen LogP contribution >= 0.6 is 0 Å². The van der Waals surface area contributed by atoms with Crippen LogP contribution in [0, 0.1) is 18.8 Å². The Labute approximate surface area is 168 Å². The second kappa shape index (κ2) is 10.8. The van der Waals surface area contributed by atoms with Crippen molar-refractivity contribution >= 4 is 5.71 Å². The first-order chi connectivity index (χ1) is 13.1. The van der Waals surface area contributed by atoms with Crippen LogP contribution in [0.3, 0.4) is 0 Å². The van der Waals surface area contributed by atoms with Gasteiger partial charge in [-0.3, -0.25) is 4.99 Å². The van der Waals surface area contributed by atoms with Crippen LogP contribution in [-0.2, 0) is 0 Å². The van der Waals surface area contributed by atoms with E-state index in [-0.39, 0.29) is 0 Å². The van der Waals surface area contributed by atoms with Crippen molar-refractivity contribution in [2.24, 2.45) is 16.8 Å². The molecule has 27 heavy (non-hydrogen) atoms. The summed E-state index contributed by atoms with van der Waals surface area (Å²) in [6.07, 6.45) is 13.8. The Hall–Kier alpha value is -1.37. The smallest absolute Gasteiger partial charge is 0.0645 e. The van der Waals surface area contributed by atoms with Gasteiger partial charge in [-0.1, -0.05) is 69.7 Å². The summed E-state index contributed by atoms with van der Waals surface area (Å²) in [5, 5.41) is 0. The van der Waals surface area contributed by atoms with Gasteiger partial charge in [0.15, 0.2) is 0 Å². The fourth-order valence-corrected chi connectivity index (χ4v) is 4.59. The van der Waals surface area contributed by atoms with E-state index < -0.39 is 0 Å². The van der Waals surface area contributed by atoms with Gasteiger partial charge in [-0.05, 0) is 75.0 Å². The Morgan fingerprint density at radius 1 is 1.04 bits per heavy atom. The first-order valence-corrected chi connectivity index (χ1v) is 11.3. The van der Waals surface area contributed by atoms with Crippen LogP contribution in [0.2, 0.25) is 0 Å². The van der Waals surface area contributed by atoms with Gasteiger partial charge >= 0.3 is 0 Å². The molecule has 150 valence electrons. The predicted octanol–water partition coefficient (Wildman–Crippen LogP) is 7.87. The Kier molecular flexibility index (Phi) is 8.80. The molecule has 0 aliphatic heterocycles. The quantitative estimate of drug-likeness (QED) is 0.453. The monoisotopic (exact) mass is 367 g/mol. The van der Waals surface area contributed by atoms with E-state index in [4.69, 9.17) is 0 Å². The minimum atomic E-state index is 0.783. The van der Waals surface area contributed by atoms with Crippen molar-refractivity contribution in [1.29, 1.82) is 0 Å². The molecule has 2 unspecified atom stereocenters. The first kappa shape index (κ1) is 21.9. The molecule has 0 aromatic heterocycles. The molecule has 2 aliphatic rings. The molecule has 3 rings (SSSR count). The van der Waals surface area contributed by atoms with Crippen LogP contribution in [0.4, 0.5) is 0 Å². The Balaban J connectivity index is 0.00000126. The van der Waals surface area contributed by atoms with Crippen molar-refractivity contribution in [2.45, 2.75) is 91.9 Å². The molecule has 2 aliphatic carbocycles. The average molecular weight is 368 g/mol. The zero-order chi connectivity index (χ0) is 19.8. The first-order valence-electron chi connectivity index (χ1n) is 11.3. The fraction of sp³-hybridized carbons (Fsp3) is 0.654. The summed E-state index contributed by atoms with van der Waals surface area (Å²) in [7, 11) is 1.90. The number of allylic oxidation sites excluding steroid dienone is 2. The molecule has 0 amide bonds. The summed E-state index contributed by atoms with van der Waals surface area (Å²) in [6.45, 7) is 10.5.